The van der Waals surface area contributed by atoms with E-state index in [0.29, 0.717) is 15.8 Å². The van der Waals surface area contributed by atoms with Gasteiger partial charge >= 0.3 is 0 Å². The van der Waals surface area contributed by atoms with Crippen molar-refractivity contribution < 1.29 is 14.1 Å². The van der Waals surface area contributed by atoms with Crippen LogP contribution in [0.5, 0.6) is 5.75 Å². The summed E-state index contributed by atoms with van der Waals surface area (Å²) in [6.07, 6.45) is 0. The van der Waals surface area contributed by atoms with Crippen LogP contribution >= 0.6 is 23.2 Å². The topological polar surface area (TPSA) is 36.3 Å². The van der Waals surface area contributed by atoms with E-state index in [9.17, 15) is 0 Å². The molecule has 0 saturated carbocycles. The van der Waals surface area contributed by atoms with Gasteiger partial charge in [0, 0.05) is 22.7 Å². The molecule has 0 saturated heterocycles. The van der Waals surface area contributed by atoms with Crippen LogP contribution in [0.2, 0.25) is 10.0 Å². The predicted octanol–water partition coefficient (Wildman–Crippen LogP) is 4.73. The normalized spacial score (nSPS) is 11.7. The van der Waals surface area contributed by atoms with Gasteiger partial charge < -0.3 is 9.15 Å². The van der Waals surface area contributed by atoms with Crippen LogP contribution in [-0.2, 0) is 0 Å². The predicted molar refractivity (Wildman–Crippen MR) is 108 cm³/mol. The van der Waals surface area contributed by atoms with Gasteiger partial charge in [0.05, 0.1) is 23.6 Å². The molecule has 0 aliphatic rings. The van der Waals surface area contributed by atoms with Gasteiger partial charge in [0.15, 0.2) is 0 Å². The number of hydrogen-bond acceptors (Lipinski definition) is 2. The summed E-state index contributed by atoms with van der Waals surface area (Å²) in [6.45, 7) is 0. The Bertz CT molecular complexity index is 1180. The van der Waals surface area contributed by atoms with Crippen LogP contribution in [0.15, 0.2) is 77.2 Å². The van der Waals surface area contributed by atoms with Gasteiger partial charge in [0.1, 0.15) is 17.1 Å². The summed E-state index contributed by atoms with van der Waals surface area (Å²) >= 11 is 12.5. The summed E-state index contributed by atoms with van der Waals surface area (Å²) in [5.74, 6) is 1.38. The first-order valence-corrected chi connectivity index (χ1v) is 9.12. The number of fused-ring (bicyclic) bond motifs is 1. The van der Waals surface area contributed by atoms with Crippen molar-refractivity contribution in [2.45, 2.75) is 0 Å². The van der Waals surface area contributed by atoms with Crippen molar-refractivity contribution in [1.29, 1.82) is 0 Å². The van der Waals surface area contributed by atoms with Crippen molar-refractivity contribution in [3.8, 4) is 17.1 Å². The molecule has 1 N–H and O–H groups in total. The Labute approximate surface area is 166 Å². The van der Waals surface area contributed by atoms with Crippen molar-refractivity contribution in [3.05, 3.63) is 88.2 Å². The molecule has 3 aromatic carbocycles. The molecular weight excluding hydrogens is 381 g/mol. The van der Waals surface area contributed by atoms with E-state index in [1.165, 1.54) is 0 Å². The van der Waals surface area contributed by atoms with Crippen molar-refractivity contribution >= 4 is 39.9 Å². The highest BCUT2D eigenvalue weighted by Gasteiger charge is 2.11. The monoisotopic (exact) mass is 396 g/mol. The van der Waals surface area contributed by atoms with E-state index in [-0.39, 0.29) is 0 Å². The van der Waals surface area contributed by atoms with Crippen LogP contribution in [0.1, 0.15) is 0 Å². The Hall–Kier alpha value is -2.75. The number of benzene rings is 3. The molecule has 27 heavy (non-hydrogen) atoms. The summed E-state index contributed by atoms with van der Waals surface area (Å²) < 4.78 is 11.3. The summed E-state index contributed by atoms with van der Waals surface area (Å²) in [4.78, 5) is 3.42. The number of rotatable bonds is 3. The van der Waals surface area contributed by atoms with Crippen LogP contribution < -0.4 is 15.1 Å². The average Bonchev–Trinajstić information content (AvgIpc) is 2.69. The number of hydrogen-bond donors (Lipinski definition) is 1. The van der Waals surface area contributed by atoms with Crippen molar-refractivity contribution in [2.24, 2.45) is 0 Å². The van der Waals surface area contributed by atoms with Gasteiger partial charge in [0.25, 0.3) is 0 Å². The number of nitrogens with one attached hydrogen (secondary N) is 1. The fourth-order valence-electron chi connectivity index (χ4n) is 2.91. The first-order chi connectivity index (χ1) is 13.1. The molecule has 4 aromatic rings. The Kier molecular flexibility index (Phi) is 4.88. The molecule has 4 rings (SSSR count). The molecule has 0 unspecified atom stereocenters. The molecule has 0 aliphatic heterocycles. The fourth-order valence-corrected chi connectivity index (χ4v) is 3.34. The molecule has 3 nitrogen and oxygen atoms in total. The second kappa shape index (κ2) is 7.47. The first kappa shape index (κ1) is 17.7. The summed E-state index contributed by atoms with van der Waals surface area (Å²) in [7, 11) is 1.59. The lowest BCUT2D eigenvalue weighted by molar-refractivity contribution is -0.400. The maximum absolute atomic E-state index is 6.26. The molecule has 0 fully saturated rings. The van der Waals surface area contributed by atoms with Gasteiger partial charge in [-0.2, -0.15) is 0 Å². The molecular formula is C22H16Cl2NO2+. The Balaban J connectivity index is 1.97. The Morgan fingerprint density at radius 2 is 1.70 bits per heavy atom. The summed E-state index contributed by atoms with van der Waals surface area (Å²) in [5, 5.41) is 2.93. The van der Waals surface area contributed by atoms with Crippen LogP contribution in [0.4, 0.5) is 5.69 Å². The highest BCUT2D eigenvalue weighted by Crippen LogP contribution is 2.26. The van der Waals surface area contributed by atoms with Crippen molar-refractivity contribution in [2.75, 3.05) is 7.11 Å². The zero-order valence-corrected chi connectivity index (χ0v) is 16.0. The summed E-state index contributed by atoms with van der Waals surface area (Å²) in [5.41, 5.74) is 2.57. The third kappa shape index (κ3) is 3.70. The lowest BCUT2D eigenvalue weighted by Crippen LogP contribution is -2.70. The van der Waals surface area contributed by atoms with Gasteiger partial charge in [-0.15, -0.1) is 0 Å². The van der Waals surface area contributed by atoms with E-state index in [1.54, 1.807) is 7.11 Å². The third-order valence-electron chi connectivity index (χ3n) is 4.22. The minimum atomic E-state index is 0.536. The fraction of sp³-hybridized carbons (Fsp3) is 0.0455. The van der Waals surface area contributed by atoms with Gasteiger partial charge in [-0.25, -0.2) is 4.99 Å². The SMILES string of the molecule is COc1ccc([NH+]=c2cc(-c3ccccc3)oc3ccc(Cl)cc23)cc1Cl. The van der Waals surface area contributed by atoms with Gasteiger partial charge in [0.2, 0.25) is 11.0 Å². The number of methoxy groups -OCH3 is 1. The molecule has 0 amide bonds. The van der Waals surface area contributed by atoms with Gasteiger partial charge in [-0.1, -0.05) is 53.5 Å². The quantitative estimate of drug-likeness (QED) is 0.543. The van der Waals surface area contributed by atoms with E-state index in [1.807, 2.05) is 72.8 Å². The van der Waals surface area contributed by atoms with Crippen LogP contribution in [0, 0.1) is 0 Å². The Morgan fingerprint density at radius 1 is 0.889 bits per heavy atom. The molecule has 134 valence electrons. The Morgan fingerprint density at radius 3 is 2.44 bits per heavy atom. The van der Waals surface area contributed by atoms with Gasteiger partial charge in [-0.3, -0.25) is 0 Å². The maximum atomic E-state index is 6.26. The van der Waals surface area contributed by atoms with E-state index < -0.39 is 0 Å². The minimum absolute atomic E-state index is 0.536. The summed E-state index contributed by atoms with van der Waals surface area (Å²) in [6, 6.07) is 23.0. The number of ether oxygens (including phenoxy) is 1. The molecule has 1 aromatic heterocycles. The lowest BCUT2D eigenvalue weighted by atomic mass is 10.1. The molecule has 0 atom stereocenters. The lowest BCUT2D eigenvalue weighted by Gasteiger charge is -2.04. The van der Waals surface area contributed by atoms with Crippen molar-refractivity contribution in [3.63, 3.8) is 0 Å². The highest BCUT2D eigenvalue weighted by molar-refractivity contribution is 6.32. The zero-order chi connectivity index (χ0) is 18.8. The first-order valence-electron chi connectivity index (χ1n) is 8.36. The number of halogens is 2. The van der Waals surface area contributed by atoms with E-state index in [4.69, 9.17) is 32.4 Å². The van der Waals surface area contributed by atoms with Crippen LogP contribution in [0.25, 0.3) is 22.3 Å². The molecule has 0 radical (unpaired) electrons. The van der Waals surface area contributed by atoms with E-state index in [2.05, 4.69) is 4.99 Å². The molecule has 1 heterocycles. The molecule has 0 spiro atoms. The molecule has 0 aliphatic carbocycles. The molecule has 0 bridgehead atoms. The highest BCUT2D eigenvalue weighted by atomic mass is 35.5. The van der Waals surface area contributed by atoms with Crippen LogP contribution in [0.3, 0.4) is 0 Å². The zero-order valence-electron chi connectivity index (χ0n) is 14.5. The molecule has 5 heteroatoms. The van der Waals surface area contributed by atoms with Crippen LogP contribution in [-0.4, -0.2) is 7.11 Å². The second-order valence-corrected chi connectivity index (χ2v) is 6.85. The average molecular weight is 397 g/mol. The van der Waals surface area contributed by atoms with E-state index in [0.717, 1.165) is 33.3 Å². The smallest absolute Gasteiger partial charge is 0.218 e. The van der Waals surface area contributed by atoms with Gasteiger partial charge in [-0.05, 0) is 24.3 Å². The maximum Gasteiger partial charge on any atom is 0.218 e. The third-order valence-corrected chi connectivity index (χ3v) is 4.75. The largest absolute Gasteiger partial charge is 0.495 e. The second-order valence-electron chi connectivity index (χ2n) is 6.01. The standard InChI is InChI=1S/C22H15Cl2NO2/c1-26-21-10-8-16(12-18(21)24)25-19-13-22(14-5-3-2-4-6-14)27-20-9-7-15(23)11-17(19)20/h2-13H,1H3/p+1. The minimum Gasteiger partial charge on any atom is -0.495 e. The van der Waals surface area contributed by atoms with E-state index >= 15 is 0 Å². The van der Waals surface area contributed by atoms with Crippen molar-refractivity contribution in [1.82, 2.24) is 0 Å².